The fourth-order valence-corrected chi connectivity index (χ4v) is 2.26. The van der Waals surface area contributed by atoms with E-state index in [1.54, 1.807) is 0 Å². The third-order valence-electron chi connectivity index (χ3n) is 3.42. The Hall–Kier alpha value is -0.940. The van der Waals surface area contributed by atoms with Crippen LogP contribution in [0.5, 0.6) is 0 Å². The molecule has 110 valence electrons. The minimum absolute atomic E-state index is 0.0730. The summed E-state index contributed by atoms with van der Waals surface area (Å²) in [6.45, 7) is 11.0. The maximum Gasteiger partial charge on any atom is 0.247 e. The van der Waals surface area contributed by atoms with Gasteiger partial charge in [-0.15, -0.1) is 0 Å². The lowest BCUT2D eigenvalue weighted by molar-refractivity contribution is -0.140. The van der Waals surface area contributed by atoms with Gasteiger partial charge >= 0.3 is 0 Å². The summed E-state index contributed by atoms with van der Waals surface area (Å²) < 4.78 is 5.43. The molecule has 5 nitrogen and oxygen atoms in total. The summed E-state index contributed by atoms with van der Waals surface area (Å²) in [7, 11) is 0. The molecular weight excluding hydrogens is 244 g/mol. The molecule has 1 aliphatic rings. The Kier molecular flexibility index (Phi) is 5.94. The Labute approximate surface area is 115 Å². The number of nitrogens with one attached hydrogen (secondary N) is 1. The number of carbonyl (C=O) groups is 2. The van der Waals surface area contributed by atoms with Crippen LogP contribution in [0.1, 0.15) is 41.0 Å². The van der Waals surface area contributed by atoms with Crippen molar-refractivity contribution in [3.05, 3.63) is 0 Å². The van der Waals surface area contributed by atoms with Crippen molar-refractivity contribution in [1.29, 1.82) is 0 Å². The van der Waals surface area contributed by atoms with Crippen LogP contribution in [0, 0.1) is 5.92 Å². The van der Waals surface area contributed by atoms with E-state index < -0.39 is 6.04 Å². The SMILES string of the molecule is CCOCC(NC1CC(=O)N(C(C)C)C1=O)C(C)C. The summed E-state index contributed by atoms with van der Waals surface area (Å²) in [6, 6.07) is -0.382. The van der Waals surface area contributed by atoms with Gasteiger partial charge in [-0.2, -0.15) is 0 Å². The summed E-state index contributed by atoms with van der Waals surface area (Å²) in [5.74, 6) is 0.154. The number of ether oxygens (including phenoxy) is 1. The van der Waals surface area contributed by atoms with Crippen LogP contribution in [0.3, 0.4) is 0 Å². The smallest absolute Gasteiger partial charge is 0.247 e. The van der Waals surface area contributed by atoms with E-state index in [0.717, 1.165) is 0 Å². The molecule has 1 N–H and O–H groups in total. The van der Waals surface area contributed by atoms with E-state index in [-0.39, 0.29) is 30.3 Å². The fourth-order valence-electron chi connectivity index (χ4n) is 2.26. The summed E-state index contributed by atoms with van der Waals surface area (Å²) in [6.07, 6.45) is 0.256. The van der Waals surface area contributed by atoms with Crippen LogP contribution in [0.25, 0.3) is 0 Å². The van der Waals surface area contributed by atoms with Crippen LogP contribution >= 0.6 is 0 Å². The number of imide groups is 1. The van der Waals surface area contributed by atoms with Crippen LogP contribution in [0.4, 0.5) is 0 Å². The second-order valence-corrected chi connectivity index (χ2v) is 5.63. The normalized spacial score (nSPS) is 21.8. The number of nitrogens with zero attached hydrogens (tertiary/aromatic N) is 1. The maximum atomic E-state index is 12.2. The van der Waals surface area contributed by atoms with E-state index in [0.29, 0.717) is 19.1 Å². The Morgan fingerprint density at radius 2 is 1.95 bits per heavy atom. The van der Waals surface area contributed by atoms with Crippen molar-refractivity contribution < 1.29 is 14.3 Å². The molecule has 1 rings (SSSR count). The molecular formula is C14H26N2O3. The first-order valence-corrected chi connectivity index (χ1v) is 7.08. The molecule has 0 aliphatic carbocycles. The van der Waals surface area contributed by atoms with Crippen LogP contribution in [-0.2, 0) is 14.3 Å². The maximum absolute atomic E-state index is 12.2. The van der Waals surface area contributed by atoms with E-state index in [2.05, 4.69) is 19.2 Å². The molecule has 0 spiro atoms. The minimum Gasteiger partial charge on any atom is -0.380 e. The number of likely N-dealkylation sites (tertiary alicyclic amines) is 1. The zero-order valence-corrected chi connectivity index (χ0v) is 12.6. The van der Waals surface area contributed by atoms with Crippen LogP contribution < -0.4 is 5.32 Å². The van der Waals surface area contributed by atoms with Gasteiger partial charge < -0.3 is 10.1 Å². The standard InChI is InChI=1S/C14H26N2O3/c1-6-19-8-12(9(2)3)15-11-7-13(17)16(10(4)5)14(11)18/h9-12,15H,6-8H2,1-5H3. The third kappa shape index (κ3) is 4.01. The van der Waals surface area contributed by atoms with Crippen LogP contribution in [0.15, 0.2) is 0 Å². The molecule has 0 aromatic heterocycles. The van der Waals surface area contributed by atoms with Crippen molar-refractivity contribution in [2.75, 3.05) is 13.2 Å². The second-order valence-electron chi connectivity index (χ2n) is 5.63. The molecule has 1 heterocycles. The van der Waals surface area contributed by atoms with Gasteiger partial charge in [-0.05, 0) is 26.7 Å². The van der Waals surface area contributed by atoms with E-state index in [9.17, 15) is 9.59 Å². The van der Waals surface area contributed by atoms with Crippen molar-refractivity contribution in [3.63, 3.8) is 0 Å². The zero-order chi connectivity index (χ0) is 14.6. The van der Waals surface area contributed by atoms with Gasteiger partial charge in [0.2, 0.25) is 11.8 Å². The number of carbonyl (C=O) groups excluding carboxylic acids is 2. The highest BCUT2D eigenvalue weighted by atomic mass is 16.5. The second kappa shape index (κ2) is 7.01. The van der Waals surface area contributed by atoms with Crippen molar-refractivity contribution in [2.45, 2.75) is 59.2 Å². The van der Waals surface area contributed by atoms with Gasteiger partial charge in [0, 0.05) is 18.7 Å². The number of hydrogen-bond acceptors (Lipinski definition) is 4. The van der Waals surface area contributed by atoms with Gasteiger partial charge in [0.15, 0.2) is 0 Å². The monoisotopic (exact) mass is 270 g/mol. The quantitative estimate of drug-likeness (QED) is 0.706. The van der Waals surface area contributed by atoms with Gasteiger partial charge in [-0.25, -0.2) is 0 Å². The average Bonchev–Trinajstić information content (AvgIpc) is 2.59. The van der Waals surface area contributed by atoms with Gasteiger partial charge in [-0.1, -0.05) is 13.8 Å². The van der Waals surface area contributed by atoms with E-state index in [4.69, 9.17) is 4.74 Å². The Balaban J connectivity index is 2.65. The average molecular weight is 270 g/mol. The highest BCUT2D eigenvalue weighted by Crippen LogP contribution is 2.18. The molecule has 1 fully saturated rings. The van der Waals surface area contributed by atoms with Gasteiger partial charge in [0.1, 0.15) is 0 Å². The summed E-state index contributed by atoms with van der Waals surface area (Å²) in [4.78, 5) is 25.4. The lowest BCUT2D eigenvalue weighted by Crippen LogP contribution is -2.48. The minimum atomic E-state index is -0.400. The van der Waals surface area contributed by atoms with Crippen molar-refractivity contribution in [3.8, 4) is 0 Å². The first-order valence-electron chi connectivity index (χ1n) is 7.08. The summed E-state index contributed by atoms with van der Waals surface area (Å²) >= 11 is 0. The Morgan fingerprint density at radius 1 is 1.32 bits per heavy atom. The predicted octanol–water partition coefficient (Wildman–Crippen LogP) is 1.17. The molecule has 19 heavy (non-hydrogen) atoms. The number of rotatable bonds is 7. The first-order chi connectivity index (χ1) is 8.88. The molecule has 0 radical (unpaired) electrons. The van der Waals surface area contributed by atoms with E-state index in [1.165, 1.54) is 4.90 Å². The van der Waals surface area contributed by atoms with Gasteiger partial charge in [0.25, 0.3) is 0 Å². The topological polar surface area (TPSA) is 58.6 Å². The van der Waals surface area contributed by atoms with Crippen molar-refractivity contribution in [1.82, 2.24) is 10.2 Å². The molecule has 0 aromatic carbocycles. The van der Waals surface area contributed by atoms with E-state index >= 15 is 0 Å². The first kappa shape index (κ1) is 16.1. The zero-order valence-electron chi connectivity index (χ0n) is 12.6. The van der Waals surface area contributed by atoms with Crippen molar-refractivity contribution >= 4 is 11.8 Å². The highest BCUT2D eigenvalue weighted by molar-refractivity contribution is 6.05. The largest absolute Gasteiger partial charge is 0.380 e. The van der Waals surface area contributed by atoms with Gasteiger partial charge in [0.05, 0.1) is 19.1 Å². The van der Waals surface area contributed by atoms with Crippen molar-refractivity contribution in [2.24, 2.45) is 5.92 Å². The molecule has 0 saturated carbocycles. The van der Waals surface area contributed by atoms with Crippen LogP contribution in [-0.4, -0.2) is 48.1 Å². The molecule has 5 heteroatoms. The Bertz CT molecular complexity index is 329. The molecule has 1 saturated heterocycles. The predicted molar refractivity (Wildman–Crippen MR) is 73.6 cm³/mol. The molecule has 2 amide bonds. The molecule has 0 aromatic rings. The lowest BCUT2D eigenvalue weighted by Gasteiger charge is -2.25. The number of amides is 2. The fraction of sp³-hybridized carbons (Fsp3) is 0.857. The van der Waals surface area contributed by atoms with E-state index in [1.807, 2.05) is 20.8 Å². The summed E-state index contributed by atoms with van der Waals surface area (Å²) in [5.41, 5.74) is 0. The molecule has 2 unspecified atom stereocenters. The summed E-state index contributed by atoms with van der Waals surface area (Å²) in [5, 5.41) is 3.28. The molecule has 0 bridgehead atoms. The highest BCUT2D eigenvalue weighted by Gasteiger charge is 2.40. The molecule has 2 atom stereocenters. The molecule has 1 aliphatic heterocycles. The number of hydrogen-bond donors (Lipinski definition) is 1. The van der Waals surface area contributed by atoms with Crippen LogP contribution in [0.2, 0.25) is 0 Å². The lowest BCUT2D eigenvalue weighted by atomic mass is 10.0. The third-order valence-corrected chi connectivity index (χ3v) is 3.42. The Morgan fingerprint density at radius 3 is 2.37 bits per heavy atom. The van der Waals surface area contributed by atoms with Gasteiger partial charge in [-0.3, -0.25) is 14.5 Å².